The average molecular weight is 682 g/mol. The number of aromatic nitrogens is 5. The molecule has 3 N–H and O–H groups in total. The fourth-order valence-electron chi connectivity index (χ4n) is 6.69. The molecule has 3 aromatic carbocycles. The lowest BCUT2D eigenvalue weighted by Gasteiger charge is -2.36. The average Bonchev–Trinajstić information content (AvgIpc) is 3.96. The van der Waals surface area contributed by atoms with Gasteiger partial charge in [0, 0.05) is 41.1 Å². The second-order valence-corrected chi connectivity index (χ2v) is 13.0. The molecular formula is C40H47N11. The molecular weight excluding hydrogens is 635 g/mol. The molecule has 2 aliphatic rings. The largest absolute Gasteiger partial charge is 0.290 e. The van der Waals surface area contributed by atoms with Gasteiger partial charge in [-0.1, -0.05) is 106 Å². The van der Waals surface area contributed by atoms with Crippen LogP contribution in [0.1, 0.15) is 76.9 Å². The number of nitrogens with zero attached hydrogens (tertiary/aromatic N) is 8. The van der Waals surface area contributed by atoms with E-state index >= 15 is 0 Å². The zero-order valence-electron chi connectivity index (χ0n) is 29.5. The second kappa shape index (κ2) is 16.5. The van der Waals surface area contributed by atoms with Crippen molar-refractivity contribution in [3.05, 3.63) is 133 Å². The van der Waals surface area contributed by atoms with E-state index in [1.165, 1.54) is 37.1 Å². The molecule has 2 aromatic heterocycles. The monoisotopic (exact) mass is 681 g/mol. The number of H-pyrrole nitrogens is 1. The highest BCUT2D eigenvalue weighted by Gasteiger charge is 2.34. The number of hydrogen-bond acceptors (Lipinski definition) is 10. The van der Waals surface area contributed by atoms with E-state index in [1.807, 2.05) is 24.4 Å². The predicted molar refractivity (Wildman–Crippen MR) is 203 cm³/mol. The standard InChI is InChI=1S/C40H47N11/c1-3-5-9-21-34-28-48(32-17-11-7-12-18-32)46-50(34)30-39(51-35(22-10-6-4-2)29-49(47-51)33-19-13-8-14-20-33)38-26-25-31(27-41-38)36-23-15-16-24-37(36)40-42-44-45-43-40/h7-8,11-20,23-29,39,46-47H,3-6,9-10,21-22,30H2,1-2H3,(H,42,43,44,45). The highest BCUT2D eigenvalue weighted by atomic mass is 15.8. The lowest BCUT2D eigenvalue weighted by molar-refractivity contribution is 0.125. The Balaban J connectivity index is 1.24. The molecule has 262 valence electrons. The third-order valence-electron chi connectivity index (χ3n) is 9.43. The quantitative estimate of drug-likeness (QED) is 0.0882. The maximum Gasteiger partial charge on any atom is 0.180 e. The summed E-state index contributed by atoms with van der Waals surface area (Å²) in [5.74, 6) is 0.627. The molecule has 1 atom stereocenters. The van der Waals surface area contributed by atoms with E-state index in [4.69, 9.17) is 4.98 Å². The summed E-state index contributed by atoms with van der Waals surface area (Å²) < 4.78 is 0. The van der Waals surface area contributed by atoms with E-state index < -0.39 is 0 Å². The lowest BCUT2D eigenvalue weighted by atomic mass is 10.00. The number of para-hydroxylation sites is 2. The van der Waals surface area contributed by atoms with Crippen LogP contribution in [0.5, 0.6) is 0 Å². The van der Waals surface area contributed by atoms with E-state index in [1.54, 1.807) is 0 Å². The van der Waals surface area contributed by atoms with E-state index in [9.17, 15) is 0 Å². The van der Waals surface area contributed by atoms with Crippen LogP contribution in [-0.2, 0) is 0 Å². The molecule has 0 bridgehead atoms. The minimum atomic E-state index is -0.132. The van der Waals surface area contributed by atoms with Gasteiger partial charge < -0.3 is 0 Å². The van der Waals surface area contributed by atoms with Crippen molar-refractivity contribution < 1.29 is 0 Å². The molecule has 0 spiro atoms. The van der Waals surface area contributed by atoms with Crippen LogP contribution in [0.4, 0.5) is 11.4 Å². The van der Waals surface area contributed by atoms with Gasteiger partial charge in [-0.2, -0.15) is 0 Å². The number of hydrogen-bond donors (Lipinski definition) is 3. The number of benzene rings is 3. The van der Waals surface area contributed by atoms with E-state index in [2.05, 4.69) is 157 Å². The van der Waals surface area contributed by atoms with Crippen molar-refractivity contribution in [3.63, 3.8) is 0 Å². The first-order valence-corrected chi connectivity index (χ1v) is 18.2. The molecule has 51 heavy (non-hydrogen) atoms. The number of nitrogens with one attached hydrogen (secondary N) is 3. The maximum absolute atomic E-state index is 5.19. The van der Waals surface area contributed by atoms with Gasteiger partial charge >= 0.3 is 0 Å². The van der Waals surface area contributed by atoms with Crippen LogP contribution in [0.15, 0.2) is 127 Å². The number of hydrazine groups is 4. The Kier molecular flexibility index (Phi) is 11.0. The number of aromatic amines is 1. The van der Waals surface area contributed by atoms with Crippen LogP contribution < -0.4 is 21.1 Å². The van der Waals surface area contributed by atoms with E-state index in [-0.39, 0.29) is 6.04 Å². The van der Waals surface area contributed by atoms with Gasteiger partial charge in [-0.25, -0.2) is 5.10 Å². The number of rotatable bonds is 16. The second-order valence-electron chi connectivity index (χ2n) is 13.0. The van der Waals surface area contributed by atoms with Crippen molar-refractivity contribution in [2.75, 3.05) is 16.6 Å². The summed E-state index contributed by atoms with van der Waals surface area (Å²) in [6.45, 7) is 5.17. The molecule has 11 heteroatoms. The molecule has 0 saturated heterocycles. The molecule has 0 saturated carbocycles. The van der Waals surface area contributed by atoms with Crippen LogP contribution in [0.2, 0.25) is 0 Å². The minimum absolute atomic E-state index is 0.132. The van der Waals surface area contributed by atoms with Gasteiger partial charge in [-0.05, 0) is 72.0 Å². The van der Waals surface area contributed by atoms with Crippen LogP contribution in [-0.4, -0.2) is 42.2 Å². The molecule has 2 aliphatic heterocycles. The first-order valence-electron chi connectivity index (χ1n) is 18.2. The fraction of sp³-hybridized carbons (Fsp3) is 0.300. The van der Waals surface area contributed by atoms with Crippen molar-refractivity contribution >= 4 is 11.4 Å². The first-order chi connectivity index (χ1) is 25.2. The number of anilines is 2. The van der Waals surface area contributed by atoms with E-state index in [0.717, 1.165) is 59.4 Å². The highest BCUT2D eigenvalue weighted by molar-refractivity contribution is 5.79. The molecule has 1 unspecified atom stereocenters. The van der Waals surface area contributed by atoms with Crippen molar-refractivity contribution in [2.24, 2.45) is 0 Å². The molecule has 0 aliphatic carbocycles. The Morgan fingerprint density at radius 3 is 1.90 bits per heavy atom. The van der Waals surface area contributed by atoms with Crippen molar-refractivity contribution in [3.8, 4) is 22.5 Å². The fourth-order valence-corrected chi connectivity index (χ4v) is 6.69. The van der Waals surface area contributed by atoms with Crippen LogP contribution in [0.3, 0.4) is 0 Å². The Labute approximate surface area is 300 Å². The first kappa shape index (κ1) is 34.0. The van der Waals surface area contributed by atoms with Crippen molar-refractivity contribution in [2.45, 2.75) is 71.3 Å². The van der Waals surface area contributed by atoms with E-state index in [0.29, 0.717) is 12.4 Å². The normalized spacial score (nSPS) is 15.0. The van der Waals surface area contributed by atoms with Gasteiger partial charge in [-0.15, -0.1) is 16.2 Å². The van der Waals surface area contributed by atoms with Crippen molar-refractivity contribution in [1.29, 1.82) is 0 Å². The molecule has 5 aromatic rings. The highest BCUT2D eigenvalue weighted by Crippen LogP contribution is 2.35. The molecule has 7 rings (SSSR count). The Bertz CT molecular complexity index is 1880. The van der Waals surface area contributed by atoms with Gasteiger partial charge in [0.25, 0.3) is 0 Å². The Morgan fingerprint density at radius 2 is 1.27 bits per heavy atom. The zero-order chi connectivity index (χ0) is 34.8. The van der Waals surface area contributed by atoms with Gasteiger partial charge in [-0.3, -0.25) is 25.0 Å². The van der Waals surface area contributed by atoms with Gasteiger partial charge in [0.2, 0.25) is 0 Å². The van der Waals surface area contributed by atoms with Gasteiger partial charge in [0.1, 0.15) is 6.04 Å². The third-order valence-corrected chi connectivity index (χ3v) is 9.43. The predicted octanol–water partition coefficient (Wildman–Crippen LogP) is 8.30. The van der Waals surface area contributed by atoms with Gasteiger partial charge in [0.05, 0.1) is 23.6 Å². The van der Waals surface area contributed by atoms with Crippen molar-refractivity contribution in [1.82, 2.24) is 46.7 Å². The minimum Gasteiger partial charge on any atom is -0.290 e. The zero-order valence-corrected chi connectivity index (χ0v) is 29.5. The SMILES string of the molecule is CCCCCC1=CN(c2ccccc2)NN1CC(c1ccc(-c2ccccc2-c2nnn[nH]2)cn1)N1NN(c2ccccc2)C=C1CCCCC. The van der Waals surface area contributed by atoms with Crippen LogP contribution >= 0.6 is 0 Å². The molecule has 0 amide bonds. The third kappa shape index (κ3) is 7.95. The van der Waals surface area contributed by atoms with Gasteiger partial charge in [0.15, 0.2) is 5.82 Å². The lowest BCUT2D eigenvalue weighted by Crippen LogP contribution is -2.49. The molecule has 0 radical (unpaired) electrons. The number of tetrazole rings is 1. The number of allylic oxidation sites excluding steroid dienone is 2. The molecule has 11 nitrogen and oxygen atoms in total. The summed E-state index contributed by atoms with van der Waals surface area (Å²) in [6, 6.07) is 33.3. The Hall–Kier alpha value is -5.52. The number of unbranched alkanes of at least 4 members (excludes halogenated alkanes) is 4. The molecule has 0 fully saturated rings. The summed E-state index contributed by atoms with van der Waals surface area (Å²) >= 11 is 0. The molecule has 4 heterocycles. The summed E-state index contributed by atoms with van der Waals surface area (Å²) in [5.41, 5.74) is 16.1. The Morgan fingerprint density at radius 1 is 0.647 bits per heavy atom. The summed E-state index contributed by atoms with van der Waals surface area (Å²) in [7, 11) is 0. The smallest absolute Gasteiger partial charge is 0.180 e. The topological polar surface area (TPSA) is 104 Å². The van der Waals surface area contributed by atoms with Crippen LogP contribution in [0.25, 0.3) is 22.5 Å². The number of pyridine rings is 1. The summed E-state index contributed by atoms with van der Waals surface area (Å²) in [5, 5.41) is 23.6. The summed E-state index contributed by atoms with van der Waals surface area (Å²) in [4.78, 5) is 5.19. The van der Waals surface area contributed by atoms with Crippen LogP contribution in [0, 0.1) is 0 Å². The maximum atomic E-state index is 5.19. The summed E-state index contributed by atoms with van der Waals surface area (Å²) in [6.07, 6.45) is 15.4.